The second-order valence-corrected chi connectivity index (χ2v) is 6.40. The molecule has 3 aromatic heterocycles. The third kappa shape index (κ3) is 3.56. The number of fused-ring (bicyclic) bond motifs is 1. The second kappa shape index (κ2) is 6.95. The third-order valence-corrected chi connectivity index (χ3v) is 4.18. The Hall–Kier alpha value is -3.23. The molecule has 136 valence electrons. The molecule has 9 nitrogen and oxygen atoms in total. The first-order valence-electron chi connectivity index (χ1n) is 8.25. The van der Waals surface area contributed by atoms with Gasteiger partial charge in [0.05, 0.1) is 5.39 Å². The summed E-state index contributed by atoms with van der Waals surface area (Å²) >= 11 is 0. The van der Waals surface area contributed by atoms with Gasteiger partial charge in [-0.2, -0.15) is 0 Å². The molecule has 0 fully saturated rings. The van der Waals surface area contributed by atoms with Gasteiger partial charge < -0.3 is 9.88 Å². The van der Waals surface area contributed by atoms with Crippen molar-refractivity contribution in [1.29, 1.82) is 0 Å². The van der Waals surface area contributed by atoms with Gasteiger partial charge in [-0.25, -0.2) is 14.8 Å². The molecule has 0 aliphatic heterocycles. The van der Waals surface area contributed by atoms with Gasteiger partial charge in [0.2, 0.25) is 0 Å². The maximum Gasteiger partial charge on any atom is 0.327 e. The SMILES string of the molecule is Cc1cc(C(=O)NCC(C)Cn2ccnc2C)nc2[nH]c(=O)[nH]c(=O)c12. The minimum absolute atomic E-state index is 0.103. The summed E-state index contributed by atoms with van der Waals surface area (Å²) in [7, 11) is 0. The van der Waals surface area contributed by atoms with Crippen LogP contribution in [0.3, 0.4) is 0 Å². The highest BCUT2D eigenvalue weighted by atomic mass is 16.2. The summed E-state index contributed by atoms with van der Waals surface area (Å²) in [6, 6.07) is 1.54. The molecule has 0 spiro atoms. The summed E-state index contributed by atoms with van der Waals surface area (Å²) in [6.07, 6.45) is 3.64. The molecule has 0 bridgehead atoms. The number of rotatable bonds is 5. The quantitative estimate of drug-likeness (QED) is 0.613. The van der Waals surface area contributed by atoms with Gasteiger partial charge in [0.25, 0.3) is 11.5 Å². The first kappa shape index (κ1) is 17.6. The van der Waals surface area contributed by atoms with Crippen LogP contribution in [0, 0.1) is 19.8 Å². The lowest BCUT2D eigenvalue weighted by molar-refractivity contribution is 0.0942. The molecule has 3 N–H and O–H groups in total. The lowest BCUT2D eigenvalue weighted by atomic mass is 10.1. The molecular formula is C17H20N6O3. The van der Waals surface area contributed by atoms with Crippen LogP contribution < -0.4 is 16.6 Å². The Bertz CT molecular complexity index is 1080. The van der Waals surface area contributed by atoms with Crippen molar-refractivity contribution < 1.29 is 4.79 Å². The molecule has 3 aromatic rings. The maximum atomic E-state index is 12.4. The van der Waals surface area contributed by atoms with Crippen molar-refractivity contribution in [3.63, 3.8) is 0 Å². The average Bonchev–Trinajstić information content (AvgIpc) is 2.96. The number of aryl methyl sites for hydroxylation is 2. The molecule has 0 saturated heterocycles. The normalized spacial score (nSPS) is 12.3. The van der Waals surface area contributed by atoms with E-state index in [-0.39, 0.29) is 28.6 Å². The summed E-state index contributed by atoms with van der Waals surface area (Å²) in [5.74, 6) is 0.755. The minimum atomic E-state index is -0.656. The summed E-state index contributed by atoms with van der Waals surface area (Å²) in [5, 5.41) is 3.11. The van der Waals surface area contributed by atoms with Crippen LogP contribution in [0.15, 0.2) is 28.0 Å². The third-order valence-electron chi connectivity index (χ3n) is 4.18. The molecule has 0 aliphatic rings. The van der Waals surface area contributed by atoms with E-state index in [9.17, 15) is 14.4 Å². The number of carbonyl (C=O) groups is 1. The Morgan fingerprint density at radius 1 is 1.31 bits per heavy atom. The zero-order valence-electron chi connectivity index (χ0n) is 14.8. The minimum Gasteiger partial charge on any atom is -0.350 e. The Morgan fingerprint density at radius 3 is 2.77 bits per heavy atom. The molecule has 9 heteroatoms. The molecule has 3 heterocycles. The van der Waals surface area contributed by atoms with Crippen molar-refractivity contribution >= 4 is 16.9 Å². The first-order chi connectivity index (χ1) is 12.3. The molecule has 3 rings (SSSR count). The zero-order chi connectivity index (χ0) is 18.8. The summed E-state index contributed by atoms with van der Waals surface area (Å²) in [4.78, 5) is 48.6. The van der Waals surface area contributed by atoms with Crippen LogP contribution in [0.4, 0.5) is 0 Å². The predicted molar refractivity (Wildman–Crippen MR) is 96.2 cm³/mol. The number of hydrogen-bond donors (Lipinski definition) is 3. The monoisotopic (exact) mass is 356 g/mol. The molecular weight excluding hydrogens is 336 g/mol. The van der Waals surface area contributed by atoms with Gasteiger partial charge >= 0.3 is 5.69 Å². The van der Waals surface area contributed by atoms with E-state index in [1.54, 1.807) is 13.1 Å². The van der Waals surface area contributed by atoms with Crippen molar-refractivity contribution in [3.8, 4) is 0 Å². The van der Waals surface area contributed by atoms with Crippen molar-refractivity contribution in [1.82, 2.24) is 29.8 Å². The van der Waals surface area contributed by atoms with Crippen molar-refractivity contribution in [3.05, 3.63) is 56.4 Å². The first-order valence-corrected chi connectivity index (χ1v) is 8.25. The summed E-state index contributed by atoms with van der Waals surface area (Å²) < 4.78 is 2.02. The molecule has 26 heavy (non-hydrogen) atoms. The number of aromatic nitrogens is 5. The Balaban J connectivity index is 1.74. The van der Waals surface area contributed by atoms with E-state index in [1.165, 1.54) is 6.07 Å². The number of H-pyrrole nitrogens is 2. The number of nitrogens with zero attached hydrogens (tertiary/aromatic N) is 3. The van der Waals surface area contributed by atoms with E-state index in [0.29, 0.717) is 12.1 Å². The largest absolute Gasteiger partial charge is 0.350 e. The summed E-state index contributed by atoms with van der Waals surface area (Å²) in [6.45, 7) is 6.84. The number of nitrogens with one attached hydrogen (secondary N) is 3. The van der Waals surface area contributed by atoms with Gasteiger partial charge in [-0.05, 0) is 31.4 Å². The van der Waals surface area contributed by atoms with Crippen molar-refractivity contribution in [2.24, 2.45) is 5.92 Å². The fourth-order valence-corrected chi connectivity index (χ4v) is 2.82. The molecule has 1 atom stereocenters. The van der Waals surface area contributed by atoms with Crippen molar-refractivity contribution in [2.75, 3.05) is 6.54 Å². The maximum absolute atomic E-state index is 12.4. The van der Waals surface area contributed by atoms with Crippen LogP contribution in [-0.2, 0) is 6.54 Å². The van der Waals surface area contributed by atoms with E-state index >= 15 is 0 Å². The predicted octanol–water partition coefficient (Wildman–Crippen LogP) is 0.491. The van der Waals surface area contributed by atoms with Crippen LogP contribution in [0.5, 0.6) is 0 Å². The Labute approximate surface area is 148 Å². The number of pyridine rings is 1. The van der Waals surface area contributed by atoms with Crippen LogP contribution in [0.1, 0.15) is 28.8 Å². The number of carbonyl (C=O) groups excluding carboxylic acids is 1. The highest BCUT2D eigenvalue weighted by Gasteiger charge is 2.14. The number of hydrogen-bond acceptors (Lipinski definition) is 5. The fourth-order valence-electron chi connectivity index (χ4n) is 2.82. The van der Waals surface area contributed by atoms with Crippen LogP contribution >= 0.6 is 0 Å². The average molecular weight is 356 g/mol. The second-order valence-electron chi connectivity index (χ2n) is 6.40. The topological polar surface area (TPSA) is 126 Å². The lowest BCUT2D eigenvalue weighted by Gasteiger charge is -2.14. The number of amides is 1. The molecule has 0 saturated carbocycles. The van der Waals surface area contributed by atoms with Crippen LogP contribution in [0.25, 0.3) is 11.0 Å². The van der Waals surface area contributed by atoms with Gasteiger partial charge in [0, 0.05) is 25.5 Å². The smallest absolute Gasteiger partial charge is 0.327 e. The highest BCUT2D eigenvalue weighted by molar-refractivity contribution is 5.95. The van der Waals surface area contributed by atoms with E-state index in [1.807, 2.05) is 24.6 Å². The standard InChI is InChI=1S/C17H20N6O3/c1-9(8-23-5-4-18-11(23)3)7-19-15(24)12-6-10(2)13-14(20-12)21-17(26)22-16(13)25/h4-6,9H,7-8H2,1-3H3,(H,19,24)(H2,20,21,22,25,26). The van der Waals surface area contributed by atoms with Crippen LogP contribution in [0.2, 0.25) is 0 Å². The van der Waals surface area contributed by atoms with Gasteiger partial charge in [0.15, 0.2) is 0 Å². The van der Waals surface area contributed by atoms with E-state index in [2.05, 4.69) is 25.3 Å². The van der Waals surface area contributed by atoms with E-state index in [4.69, 9.17) is 0 Å². The van der Waals surface area contributed by atoms with E-state index in [0.717, 1.165) is 12.4 Å². The molecule has 0 aliphatic carbocycles. The van der Waals surface area contributed by atoms with Gasteiger partial charge in [-0.3, -0.25) is 19.6 Å². The Kier molecular flexibility index (Phi) is 4.70. The molecule has 0 aromatic carbocycles. The van der Waals surface area contributed by atoms with Gasteiger partial charge in [-0.1, -0.05) is 6.92 Å². The van der Waals surface area contributed by atoms with Crippen molar-refractivity contribution in [2.45, 2.75) is 27.3 Å². The Morgan fingerprint density at radius 2 is 2.08 bits per heavy atom. The molecule has 1 amide bonds. The van der Waals surface area contributed by atoms with E-state index < -0.39 is 11.2 Å². The molecule has 0 radical (unpaired) electrons. The van der Waals surface area contributed by atoms with Crippen LogP contribution in [-0.4, -0.2) is 37.0 Å². The number of aromatic amines is 2. The highest BCUT2D eigenvalue weighted by Crippen LogP contribution is 2.11. The number of imidazole rings is 1. The zero-order valence-corrected chi connectivity index (χ0v) is 14.8. The lowest BCUT2D eigenvalue weighted by Crippen LogP contribution is -2.31. The van der Waals surface area contributed by atoms with Gasteiger partial charge in [-0.15, -0.1) is 0 Å². The van der Waals surface area contributed by atoms with Gasteiger partial charge in [0.1, 0.15) is 17.2 Å². The fraction of sp³-hybridized carbons (Fsp3) is 0.353. The molecule has 1 unspecified atom stereocenters. The summed E-state index contributed by atoms with van der Waals surface area (Å²) in [5.41, 5.74) is -0.352.